The van der Waals surface area contributed by atoms with Gasteiger partial charge in [0.25, 0.3) is 0 Å². The third-order valence-corrected chi connectivity index (χ3v) is 3.47. The fourth-order valence-corrected chi connectivity index (χ4v) is 2.23. The van der Waals surface area contributed by atoms with E-state index in [4.69, 9.17) is 0 Å². The third-order valence-electron chi connectivity index (χ3n) is 3.47. The third kappa shape index (κ3) is 2.99. The molecule has 5 heteroatoms. The zero-order valence-corrected chi connectivity index (χ0v) is 12.4. The summed E-state index contributed by atoms with van der Waals surface area (Å²) in [5, 5.41) is 3.05. The van der Waals surface area contributed by atoms with E-state index in [1.54, 1.807) is 4.90 Å². The minimum atomic E-state index is 0.109. The van der Waals surface area contributed by atoms with E-state index in [2.05, 4.69) is 17.2 Å². The molecule has 0 unspecified atom stereocenters. The molecule has 1 N–H and O–H groups in total. The number of rotatable bonds is 6. The van der Waals surface area contributed by atoms with Gasteiger partial charge in [-0.3, -0.25) is 4.79 Å². The van der Waals surface area contributed by atoms with Crippen molar-refractivity contribution in [3.05, 3.63) is 30.1 Å². The number of nitrogens with zero attached hydrogens (tertiary/aromatic N) is 3. The highest BCUT2D eigenvalue weighted by Gasteiger charge is 2.14. The summed E-state index contributed by atoms with van der Waals surface area (Å²) in [6.07, 6.45) is 0.822. The zero-order valence-electron chi connectivity index (χ0n) is 12.4. The molecule has 0 radical (unpaired) electrons. The summed E-state index contributed by atoms with van der Waals surface area (Å²) < 4.78 is 2.02. The molecular weight excluding hydrogens is 252 g/mol. The molecule has 0 aliphatic carbocycles. The first-order valence-electron chi connectivity index (χ1n) is 7.00. The molecule has 0 saturated heterocycles. The van der Waals surface area contributed by atoms with E-state index in [0.717, 1.165) is 29.8 Å². The van der Waals surface area contributed by atoms with Gasteiger partial charge in [0.1, 0.15) is 12.4 Å². The van der Waals surface area contributed by atoms with Gasteiger partial charge in [-0.25, -0.2) is 4.98 Å². The maximum absolute atomic E-state index is 12.3. The topological polar surface area (TPSA) is 50.2 Å². The number of aryl methyl sites for hydroxylation is 1. The van der Waals surface area contributed by atoms with Crippen molar-refractivity contribution in [3.8, 4) is 0 Å². The Morgan fingerprint density at radius 1 is 1.40 bits per heavy atom. The Bertz CT molecular complexity index is 591. The van der Waals surface area contributed by atoms with E-state index in [-0.39, 0.29) is 5.91 Å². The Kier molecular flexibility index (Phi) is 4.74. The quantitative estimate of drug-likeness (QED) is 0.863. The lowest BCUT2D eigenvalue weighted by molar-refractivity contribution is -0.130. The Hall–Kier alpha value is -1.88. The first-order valence-corrected chi connectivity index (χ1v) is 7.00. The van der Waals surface area contributed by atoms with Gasteiger partial charge < -0.3 is 14.8 Å². The van der Waals surface area contributed by atoms with Crippen LogP contribution in [0.15, 0.2) is 24.3 Å². The molecule has 5 nitrogen and oxygen atoms in total. The summed E-state index contributed by atoms with van der Waals surface area (Å²) in [4.78, 5) is 18.6. The molecule has 0 fully saturated rings. The summed E-state index contributed by atoms with van der Waals surface area (Å²) in [5.74, 6) is 1.07. The molecule has 0 atom stereocenters. The van der Waals surface area contributed by atoms with Crippen LogP contribution in [-0.4, -0.2) is 47.5 Å². The van der Waals surface area contributed by atoms with Crippen molar-refractivity contribution >= 4 is 16.9 Å². The molecule has 0 saturated carbocycles. The normalized spacial score (nSPS) is 10.9. The van der Waals surface area contributed by atoms with Gasteiger partial charge in [-0.2, -0.15) is 0 Å². The first-order chi connectivity index (χ1) is 9.67. The van der Waals surface area contributed by atoms with Crippen LogP contribution in [0.4, 0.5) is 0 Å². The first kappa shape index (κ1) is 14.5. The van der Waals surface area contributed by atoms with Crippen molar-refractivity contribution in [2.24, 2.45) is 0 Å². The number of nitrogens with one attached hydrogen (secondary N) is 1. The summed E-state index contributed by atoms with van der Waals surface area (Å²) in [7, 11) is 3.72. The predicted molar refractivity (Wildman–Crippen MR) is 80.7 cm³/mol. The fourth-order valence-electron chi connectivity index (χ4n) is 2.23. The molecule has 1 amide bonds. The maximum Gasteiger partial charge on any atom is 0.242 e. The van der Waals surface area contributed by atoms with Gasteiger partial charge >= 0.3 is 0 Å². The van der Waals surface area contributed by atoms with Gasteiger partial charge in [0, 0.05) is 26.6 Å². The van der Waals surface area contributed by atoms with Gasteiger partial charge in [0.05, 0.1) is 11.0 Å². The van der Waals surface area contributed by atoms with Crippen LogP contribution in [-0.2, 0) is 17.8 Å². The summed E-state index contributed by atoms with van der Waals surface area (Å²) >= 11 is 0. The van der Waals surface area contributed by atoms with Crippen molar-refractivity contribution in [3.63, 3.8) is 0 Å². The van der Waals surface area contributed by atoms with Crippen LogP contribution in [0.5, 0.6) is 0 Å². The Morgan fingerprint density at radius 2 is 2.15 bits per heavy atom. The van der Waals surface area contributed by atoms with Crippen LogP contribution in [0.3, 0.4) is 0 Å². The molecule has 1 heterocycles. The van der Waals surface area contributed by atoms with Crippen molar-refractivity contribution in [2.75, 3.05) is 27.2 Å². The number of fused-ring (bicyclic) bond motifs is 1. The highest BCUT2D eigenvalue weighted by atomic mass is 16.2. The molecule has 1 aromatic carbocycles. The molecule has 2 rings (SSSR count). The lowest BCUT2D eigenvalue weighted by Gasteiger charge is -2.18. The number of para-hydroxylation sites is 2. The number of benzene rings is 1. The number of hydrogen-bond donors (Lipinski definition) is 1. The molecule has 0 aliphatic rings. The van der Waals surface area contributed by atoms with Gasteiger partial charge in [-0.1, -0.05) is 19.1 Å². The highest BCUT2D eigenvalue weighted by molar-refractivity contribution is 5.81. The summed E-state index contributed by atoms with van der Waals surface area (Å²) in [6.45, 7) is 3.92. The molecule has 0 bridgehead atoms. The lowest BCUT2D eigenvalue weighted by Crippen LogP contribution is -2.35. The average molecular weight is 274 g/mol. The van der Waals surface area contributed by atoms with Crippen LogP contribution in [0.2, 0.25) is 0 Å². The number of amides is 1. The van der Waals surface area contributed by atoms with Crippen LogP contribution in [0.25, 0.3) is 11.0 Å². The second kappa shape index (κ2) is 6.52. The number of aromatic nitrogens is 2. The Labute approximate surface area is 119 Å². The van der Waals surface area contributed by atoms with E-state index in [1.165, 1.54) is 0 Å². The van der Waals surface area contributed by atoms with Crippen LogP contribution < -0.4 is 5.32 Å². The monoisotopic (exact) mass is 274 g/mol. The fraction of sp³-hybridized carbons (Fsp3) is 0.467. The van der Waals surface area contributed by atoms with Gasteiger partial charge in [-0.05, 0) is 19.2 Å². The van der Waals surface area contributed by atoms with E-state index in [0.29, 0.717) is 13.1 Å². The minimum absolute atomic E-state index is 0.109. The lowest BCUT2D eigenvalue weighted by atomic mass is 10.3. The van der Waals surface area contributed by atoms with Gasteiger partial charge in [0.2, 0.25) is 5.91 Å². The SMILES string of the molecule is CCc1nc2ccccc2n1CC(=O)N(C)CCNC. The Balaban J connectivity index is 2.22. The summed E-state index contributed by atoms with van der Waals surface area (Å²) in [5.41, 5.74) is 1.98. The summed E-state index contributed by atoms with van der Waals surface area (Å²) in [6, 6.07) is 7.96. The number of likely N-dealkylation sites (N-methyl/N-ethyl adjacent to an activating group) is 2. The molecular formula is C15H22N4O. The number of carbonyl (C=O) groups is 1. The zero-order chi connectivity index (χ0) is 14.5. The van der Waals surface area contributed by atoms with E-state index in [9.17, 15) is 4.79 Å². The second-order valence-electron chi connectivity index (χ2n) is 4.88. The maximum atomic E-state index is 12.3. The van der Waals surface area contributed by atoms with Crippen molar-refractivity contribution in [1.29, 1.82) is 0 Å². The van der Waals surface area contributed by atoms with Gasteiger partial charge in [-0.15, -0.1) is 0 Å². The highest BCUT2D eigenvalue weighted by Crippen LogP contribution is 2.16. The number of carbonyl (C=O) groups excluding carboxylic acids is 1. The van der Waals surface area contributed by atoms with Crippen LogP contribution in [0.1, 0.15) is 12.7 Å². The molecule has 20 heavy (non-hydrogen) atoms. The van der Waals surface area contributed by atoms with E-state index >= 15 is 0 Å². The van der Waals surface area contributed by atoms with Crippen LogP contribution >= 0.6 is 0 Å². The smallest absolute Gasteiger partial charge is 0.242 e. The van der Waals surface area contributed by atoms with E-state index in [1.807, 2.05) is 42.9 Å². The van der Waals surface area contributed by atoms with E-state index < -0.39 is 0 Å². The minimum Gasteiger partial charge on any atom is -0.343 e. The molecule has 108 valence electrons. The standard InChI is InChI=1S/C15H22N4O/c1-4-14-17-12-7-5-6-8-13(12)19(14)11-15(20)18(3)10-9-16-2/h5-8,16H,4,9-11H2,1-3H3. The van der Waals surface area contributed by atoms with Crippen molar-refractivity contribution < 1.29 is 4.79 Å². The molecule has 2 aromatic rings. The second-order valence-corrected chi connectivity index (χ2v) is 4.88. The predicted octanol–water partition coefficient (Wildman–Crippen LogP) is 1.28. The molecule has 0 aliphatic heterocycles. The number of hydrogen-bond acceptors (Lipinski definition) is 3. The van der Waals surface area contributed by atoms with Gasteiger partial charge in [0.15, 0.2) is 0 Å². The largest absolute Gasteiger partial charge is 0.343 e. The number of imidazole rings is 1. The molecule has 0 spiro atoms. The Morgan fingerprint density at radius 3 is 2.85 bits per heavy atom. The van der Waals surface area contributed by atoms with Crippen molar-refractivity contribution in [2.45, 2.75) is 19.9 Å². The average Bonchev–Trinajstić information content (AvgIpc) is 2.82. The van der Waals surface area contributed by atoms with Crippen LogP contribution in [0, 0.1) is 0 Å². The molecule has 1 aromatic heterocycles. The van der Waals surface area contributed by atoms with Crippen molar-refractivity contribution in [1.82, 2.24) is 19.8 Å².